The summed E-state index contributed by atoms with van der Waals surface area (Å²) in [5.41, 5.74) is 0.287. The second kappa shape index (κ2) is 13.2. The van der Waals surface area contributed by atoms with Crippen molar-refractivity contribution in [3.05, 3.63) is 22.3 Å². The summed E-state index contributed by atoms with van der Waals surface area (Å²) in [5, 5.41) is 40.6. The highest BCUT2D eigenvalue weighted by Crippen LogP contribution is 2.41. The van der Waals surface area contributed by atoms with Gasteiger partial charge in [0.1, 0.15) is 22.8 Å². The SMILES string of the molecule is CSCON=C(C(=O)NC1C(=O)N2C(C(=O)O)=C(CSc3nnnn3CCO)CS[C@@H]12)c1csc(NC=O)n1. The highest BCUT2D eigenvalue weighted by Gasteiger charge is 2.54. The first kappa shape index (κ1) is 28.8. The molecule has 2 aromatic heterocycles. The molecule has 16 nitrogen and oxygen atoms in total. The van der Waals surface area contributed by atoms with Crippen molar-refractivity contribution in [1.82, 2.24) is 35.4 Å². The molecule has 1 unspecified atom stereocenters. The summed E-state index contributed by atoms with van der Waals surface area (Å²) in [6.45, 7) is 0.0242. The number of rotatable bonds is 14. The topological polar surface area (TPSA) is 214 Å². The lowest BCUT2D eigenvalue weighted by atomic mass is 10.0. The number of nitrogens with one attached hydrogen (secondary N) is 2. The lowest BCUT2D eigenvalue weighted by Crippen LogP contribution is -2.71. The second-order valence-electron chi connectivity index (χ2n) is 7.59. The zero-order chi connectivity index (χ0) is 27.9. The summed E-state index contributed by atoms with van der Waals surface area (Å²) < 4.78 is 1.40. The van der Waals surface area contributed by atoms with Gasteiger partial charge in [-0.05, 0) is 22.3 Å². The van der Waals surface area contributed by atoms with E-state index in [-0.39, 0.29) is 47.1 Å². The molecule has 4 N–H and O–H groups in total. The van der Waals surface area contributed by atoms with Crippen molar-refractivity contribution in [2.45, 2.75) is 23.1 Å². The maximum absolute atomic E-state index is 13.1. The number of nitrogens with zero attached hydrogens (tertiary/aromatic N) is 7. The molecule has 2 aromatic rings. The van der Waals surface area contributed by atoms with Crippen LogP contribution in [0.25, 0.3) is 0 Å². The number of hydrogen-bond donors (Lipinski definition) is 4. The molecule has 0 spiro atoms. The molecule has 0 bridgehead atoms. The average Bonchev–Trinajstić information content (AvgIpc) is 3.57. The van der Waals surface area contributed by atoms with Crippen LogP contribution in [-0.4, -0.2) is 112 Å². The fourth-order valence-electron chi connectivity index (χ4n) is 3.54. The Morgan fingerprint density at radius 3 is 2.95 bits per heavy atom. The molecule has 1 saturated heterocycles. The smallest absolute Gasteiger partial charge is 0.352 e. The summed E-state index contributed by atoms with van der Waals surface area (Å²) in [6, 6.07) is -1.00. The van der Waals surface area contributed by atoms with Gasteiger partial charge in [0, 0.05) is 16.9 Å². The minimum absolute atomic E-state index is 0.136. The maximum Gasteiger partial charge on any atom is 0.352 e. The predicted octanol–water partition coefficient (Wildman–Crippen LogP) is -0.738. The standard InChI is InChI=1S/C19H21N9O7S4/c1-36-8-35-24-11(10-6-38-18(21-10)20-7-30)14(31)22-12-15(32)28-13(17(33)34)9(4-37-16(12)28)5-39-19-23-25-26-27(19)2-3-29/h6-7,12,16,29H,2-5,8H2,1H3,(H,22,31)(H,33,34)(H,20,21,30)/t12?,16-/m0/s1. The van der Waals surface area contributed by atoms with Crippen LogP contribution in [0.4, 0.5) is 5.13 Å². The zero-order valence-corrected chi connectivity index (χ0v) is 23.3. The van der Waals surface area contributed by atoms with Crippen molar-refractivity contribution >= 4 is 81.7 Å². The minimum atomic E-state index is -1.27. The zero-order valence-electron chi connectivity index (χ0n) is 20.0. The molecule has 0 aliphatic carbocycles. The van der Waals surface area contributed by atoms with Crippen LogP contribution in [0, 0.1) is 0 Å². The third-order valence-electron chi connectivity index (χ3n) is 5.19. The first-order valence-electron chi connectivity index (χ1n) is 10.9. The normalized spacial score (nSPS) is 18.9. The van der Waals surface area contributed by atoms with Crippen LogP contribution >= 0.6 is 46.6 Å². The van der Waals surface area contributed by atoms with Crippen LogP contribution in [0.3, 0.4) is 0 Å². The number of amides is 3. The van der Waals surface area contributed by atoms with Crippen LogP contribution in [0.15, 0.2) is 27.0 Å². The Kier molecular flexibility index (Phi) is 9.78. The van der Waals surface area contributed by atoms with E-state index in [1.54, 1.807) is 6.26 Å². The van der Waals surface area contributed by atoms with E-state index >= 15 is 0 Å². The highest BCUT2D eigenvalue weighted by molar-refractivity contribution is 8.01. The fraction of sp³-hybridized carbons (Fsp3) is 0.421. The van der Waals surface area contributed by atoms with E-state index in [1.807, 2.05) is 0 Å². The quantitative estimate of drug-likeness (QED) is 0.0392. The molecule has 208 valence electrons. The molecule has 4 heterocycles. The summed E-state index contributed by atoms with van der Waals surface area (Å²) >= 11 is 4.90. The molecule has 0 aromatic carbocycles. The van der Waals surface area contributed by atoms with E-state index in [0.717, 1.165) is 16.2 Å². The van der Waals surface area contributed by atoms with Gasteiger partial charge in [-0.25, -0.2) is 14.5 Å². The third-order valence-corrected chi connectivity index (χ3v) is 8.69. The number of anilines is 1. The Labute approximate surface area is 237 Å². The van der Waals surface area contributed by atoms with Crippen LogP contribution in [0.1, 0.15) is 5.69 Å². The fourth-order valence-corrected chi connectivity index (χ4v) is 6.74. The van der Waals surface area contributed by atoms with E-state index in [0.29, 0.717) is 22.9 Å². The lowest BCUT2D eigenvalue weighted by molar-refractivity contribution is -0.150. The average molecular weight is 616 g/mol. The molecule has 39 heavy (non-hydrogen) atoms. The number of thioether (sulfide) groups is 3. The number of oxime groups is 1. The minimum Gasteiger partial charge on any atom is -0.477 e. The van der Waals surface area contributed by atoms with Crippen LogP contribution < -0.4 is 10.6 Å². The van der Waals surface area contributed by atoms with Gasteiger partial charge >= 0.3 is 5.97 Å². The van der Waals surface area contributed by atoms with E-state index in [2.05, 4.69) is 36.3 Å². The van der Waals surface area contributed by atoms with Crippen molar-refractivity contribution in [3.63, 3.8) is 0 Å². The number of aliphatic hydroxyl groups is 1. The number of aromatic nitrogens is 5. The lowest BCUT2D eigenvalue weighted by Gasteiger charge is -2.49. The van der Waals surface area contributed by atoms with Gasteiger partial charge in [-0.3, -0.25) is 19.3 Å². The Morgan fingerprint density at radius 1 is 1.41 bits per heavy atom. The molecular weight excluding hydrogens is 595 g/mol. The third kappa shape index (κ3) is 6.35. The predicted molar refractivity (Wildman–Crippen MR) is 143 cm³/mol. The van der Waals surface area contributed by atoms with Gasteiger partial charge in [0.05, 0.1) is 13.2 Å². The summed E-state index contributed by atoms with van der Waals surface area (Å²) in [6.07, 6.45) is 2.23. The summed E-state index contributed by atoms with van der Waals surface area (Å²) in [5.74, 6) is -1.93. The van der Waals surface area contributed by atoms with Gasteiger partial charge < -0.3 is 25.7 Å². The van der Waals surface area contributed by atoms with Gasteiger partial charge in [0.2, 0.25) is 11.6 Å². The largest absolute Gasteiger partial charge is 0.477 e. The van der Waals surface area contributed by atoms with Crippen LogP contribution in [0.5, 0.6) is 0 Å². The Bertz CT molecular complexity index is 1310. The number of carboxylic acid groups (broad SMARTS) is 1. The molecule has 4 rings (SSSR count). The van der Waals surface area contributed by atoms with Gasteiger partial charge in [-0.2, -0.15) is 0 Å². The first-order valence-corrected chi connectivity index (χ1v) is 15.3. The molecule has 2 atom stereocenters. The summed E-state index contributed by atoms with van der Waals surface area (Å²) in [4.78, 5) is 59.5. The van der Waals surface area contributed by atoms with E-state index < -0.39 is 29.2 Å². The molecule has 0 saturated carbocycles. The van der Waals surface area contributed by atoms with Crippen molar-refractivity contribution < 1.29 is 34.2 Å². The van der Waals surface area contributed by atoms with Crippen LogP contribution in [0.2, 0.25) is 0 Å². The molecule has 1 fully saturated rings. The van der Waals surface area contributed by atoms with Gasteiger partial charge in [0.25, 0.3) is 11.8 Å². The Morgan fingerprint density at radius 2 is 2.23 bits per heavy atom. The number of fused-ring (bicyclic) bond motifs is 1. The number of carbonyl (C=O) groups is 4. The maximum atomic E-state index is 13.1. The van der Waals surface area contributed by atoms with E-state index in [4.69, 9.17) is 9.94 Å². The number of aliphatic carboxylic acids is 1. The second-order valence-corrected chi connectivity index (χ2v) is 11.3. The number of thiazole rings is 1. The molecule has 0 radical (unpaired) electrons. The number of hydrogen-bond acceptors (Lipinski definition) is 15. The number of tetrazole rings is 1. The van der Waals surface area contributed by atoms with Crippen molar-refractivity contribution in [3.8, 4) is 0 Å². The number of aliphatic hydroxyl groups excluding tert-OH is 1. The van der Waals surface area contributed by atoms with Gasteiger partial charge in [0.15, 0.2) is 16.8 Å². The van der Waals surface area contributed by atoms with Crippen molar-refractivity contribution in [1.29, 1.82) is 0 Å². The van der Waals surface area contributed by atoms with Crippen molar-refractivity contribution in [2.24, 2.45) is 5.16 Å². The summed E-state index contributed by atoms with van der Waals surface area (Å²) in [7, 11) is 0. The monoisotopic (exact) mass is 615 g/mol. The Hall–Kier alpha value is -3.20. The number of carbonyl (C=O) groups excluding carboxylic acids is 3. The molecule has 20 heteroatoms. The molecule has 2 aliphatic heterocycles. The Balaban J connectivity index is 1.48. The number of carboxylic acids is 1. The van der Waals surface area contributed by atoms with E-state index in [1.165, 1.54) is 45.3 Å². The number of β-lactam (4-membered cyclic amide) rings is 1. The van der Waals surface area contributed by atoms with Crippen molar-refractivity contribution in [2.75, 3.05) is 35.6 Å². The van der Waals surface area contributed by atoms with E-state index in [9.17, 15) is 24.3 Å². The van der Waals surface area contributed by atoms with Gasteiger partial charge in [-0.1, -0.05) is 16.9 Å². The van der Waals surface area contributed by atoms with Gasteiger partial charge in [-0.15, -0.1) is 40.0 Å². The molecule has 2 aliphatic rings. The highest BCUT2D eigenvalue weighted by atomic mass is 32.2. The molecular formula is C19H21N9O7S4. The van der Waals surface area contributed by atoms with Crippen LogP contribution in [-0.2, 0) is 30.6 Å². The first-order chi connectivity index (χ1) is 18.9. The molecule has 3 amide bonds.